The minimum atomic E-state index is -0.00778. The fourth-order valence-corrected chi connectivity index (χ4v) is 2.60. The number of hydrogen-bond acceptors (Lipinski definition) is 4. The summed E-state index contributed by atoms with van der Waals surface area (Å²) in [6.45, 7) is 0.704. The van der Waals surface area contributed by atoms with Crippen molar-refractivity contribution in [3.8, 4) is 0 Å². The molecule has 2 heterocycles. The van der Waals surface area contributed by atoms with Gasteiger partial charge in [-0.3, -0.25) is 10.1 Å². The SMILES string of the molecule is CN(CCc1ccco1)C(=O)C1CSCN1. The maximum absolute atomic E-state index is 11.9. The molecule has 16 heavy (non-hydrogen) atoms. The van der Waals surface area contributed by atoms with Crippen LogP contribution in [0.1, 0.15) is 5.76 Å². The zero-order valence-electron chi connectivity index (χ0n) is 9.31. The van der Waals surface area contributed by atoms with Crippen molar-refractivity contribution in [3.05, 3.63) is 24.2 Å². The Morgan fingerprint density at radius 1 is 1.75 bits per heavy atom. The average Bonchev–Trinajstić information content (AvgIpc) is 2.96. The van der Waals surface area contributed by atoms with E-state index < -0.39 is 0 Å². The number of furan rings is 1. The number of nitrogens with zero attached hydrogens (tertiary/aromatic N) is 1. The fourth-order valence-electron chi connectivity index (χ4n) is 1.66. The molecule has 1 N–H and O–H groups in total. The van der Waals surface area contributed by atoms with E-state index in [1.807, 2.05) is 19.2 Å². The number of rotatable bonds is 4. The smallest absolute Gasteiger partial charge is 0.240 e. The van der Waals surface area contributed by atoms with E-state index in [-0.39, 0.29) is 11.9 Å². The summed E-state index contributed by atoms with van der Waals surface area (Å²) in [5.74, 6) is 2.86. The van der Waals surface area contributed by atoms with Gasteiger partial charge < -0.3 is 9.32 Å². The lowest BCUT2D eigenvalue weighted by Gasteiger charge is -2.20. The third-order valence-electron chi connectivity index (χ3n) is 2.66. The molecule has 0 bridgehead atoms. The monoisotopic (exact) mass is 240 g/mol. The van der Waals surface area contributed by atoms with E-state index in [0.29, 0.717) is 6.54 Å². The number of amides is 1. The molecule has 0 aliphatic carbocycles. The molecule has 2 rings (SSSR count). The van der Waals surface area contributed by atoms with Gasteiger partial charge in [0.25, 0.3) is 0 Å². The van der Waals surface area contributed by atoms with Crippen molar-refractivity contribution in [2.24, 2.45) is 0 Å². The standard InChI is InChI=1S/C11H16N2O2S/c1-13(5-4-9-3-2-6-15-9)11(14)10-7-16-8-12-10/h2-3,6,10,12H,4-5,7-8H2,1H3. The lowest BCUT2D eigenvalue weighted by molar-refractivity contribution is -0.131. The van der Waals surface area contributed by atoms with Crippen LogP contribution in [0.25, 0.3) is 0 Å². The summed E-state index contributed by atoms with van der Waals surface area (Å²) >= 11 is 1.77. The summed E-state index contributed by atoms with van der Waals surface area (Å²) in [5.41, 5.74) is 0. The van der Waals surface area contributed by atoms with Crippen LogP contribution in [0.2, 0.25) is 0 Å². The summed E-state index contributed by atoms with van der Waals surface area (Å²) < 4.78 is 5.23. The molecule has 88 valence electrons. The van der Waals surface area contributed by atoms with Gasteiger partial charge in [-0.15, -0.1) is 11.8 Å². The lowest BCUT2D eigenvalue weighted by Crippen LogP contribution is -2.43. The van der Waals surface area contributed by atoms with Gasteiger partial charge in [0.2, 0.25) is 5.91 Å². The Balaban J connectivity index is 1.78. The average molecular weight is 240 g/mol. The second-order valence-corrected chi connectivity index (χ2v) is 4.89. The molecule has 0 aromatic carbocycles. The molecule has 4 nitrogen and oxygen atoms in total. The normalized spacial score (nSPS) is 19.9. The number of carbonyl (C=O) groups excluding carboxylic acids is 1. The maximum Gasteiger partial charge on any atom is 0.240 e. The molecule has 0 saturated carbocycles. The van der Waals surface area contributed by atoms with E-state index in [0.717, 1.165) is 23.8 Å². The van der Waals surface area contributed by atoms with Gasteiger partial charge in [0.05, 0.1) is 12.3 Å². The van der Waals surface area contributed by atoms with Crippen molar-refractivity contribution in [2.75, 3.05) is 25.2 Å². The Morgan fingerprint density at radius 2 is 2.62 bits per heavy atom. The topological polar surface area (TPSA) is 45.5 Å². The molecule has 0 spiro atoms. The summed E-state index contributed by atoms with van der Waals surface area (Å²) in [6.07, 6.45) is 2.43. The minimum Gasteiger partial charge on any atom is -0.469 e. The summed E-state index contributed by atoms with van der Waals surface area (Å²) in [4.78, 5) is 13.7. The quantitative estimate of drug-likeness (QED) is 0.851. The van der Waals surface area contributed by atoms with Crippen LogP contribution in [0.3, 0.4) is 0 Å². The molecule has 1 saturated heterocycles. The lowest BCUT2D eigenvalue weighted by atomic mass is 10.2. The number of likely N-dealkylation sites (N-methyl/N-ethyl adjacent to an activating group) is 1. The maximum atomic E-state index is 11.9. The van der Waals surface area contributed by atoms with Gasteiger partial charge >= 0.3 is 0 Å². The molecular weight excluding hydrogens is 224 g/mol. The highest BCUT2D eigenvalue weighted by atomic mass is 32.2. The molecule has 1 fully saturated rings. The predicted octanol–water partition coefficient (Wildman–Crippen LogP) is 0.943. The predicted molar refractivity (Wildman–Crippen MR) is 64.3 cm³/mol. The Hall–Kier alpha value is -0.940. The van der Waals surface area contributed by atoms with Crippen LogP contribution in [-0.4, -0.2) is 42.1 Å². The first kappa shape index (κ1) is 11.5. The molecule has 1 aliphatic heterocycles. The first-order chi connectivity index (χ1) is 7.77. The van der Waals surface area contributed by atoms with Crippen LogP contribution < -0.4 is 5.32 Å². The summed E-state index contributed by atoms with van der Waals surface area (Å²) in [7, 11) is 1.84. The van der Waals surface area contributed by atoms with Gasteiger partial charge in [-0.05, 0) is 12.1 Å². The first-order valence-electron chi connectivity index (χ1n) is 5.36. The molecule has 1 aromatic heterocycles. The van der Waals surface area contributed by atoms with Crippen molar-refractivity contribution in [2.45, 2.75) is 12.5 Å². The largest absolute Gasteiger partial charge is 0.469 e. The zero-order chi connectivity index (χ0) is 11.4. The highest BCUT2D eigenvalue weighted by Crippen LogP contribution is 2.11. The molecule has 1 aliphatic rings. The highest BCUT2D eigenvalue weighted by molar-refractivity contribution is 7.99. The van der Waals surface area contributed by atoms with Crippen molar-refractivity contribution < 1.29 is 9.21 Å². The number of thioether (sulfide) groups is 1. The van der Waals surface area contributed by atoms with Crippen LogP contribution in [0.15, 0.2) is 22.8 Å². The van der Waals surface area contributed by atoms with Gasteiger partial charge in [-0.2, -0.15) is 0 Å². The van der Waals surface area contributed by atoms with Crippen LogP contribution in [-0.2, 0) is 11.2 Å². The molecule has 1 aromatic rings. The van der Waals surface area contributed by atoms with E-state index in [1.54, 1.807) is 22.9 Å². The van der Waals surface area contributed by atoms with Gasteiger partial charge in [-0.1, -0.05) is 0 Å². The van der Waals surface area contributed by atoms with Crippen LogP contribution in [0.4, 0.5) is 0 Å². The molecule has 5 heteroatoms. The Labute approximate surface area is 99.4 Å². The molecular formula is C11H16N2O2S. The molecule has 1 amide bonds. The minimum absolute atomic E-state index is 0.00778. The second kappa shape index (κ2) is 5.41. The van der Waals surface area contributed by atoms with Crippen LogP contribution in [0.5, 0.6) is 0 Å². The van der Waals surface area contributed by atoms with Gasteiger partial charge in [0.1, 0.15) is 5.76 Å². The van der Waals surface area contributed by atoms with E-state index >= 15 is 0 Å². The summed E-state index contributed by atoms with van der Waals surface area (Å²) in [5, 5.41) is 3.18. The second-order valence-electron chi connectivity index (χ2n) is 3.86. The van der Waals surface area contributed by atoms with E-state index in [2.05, 4.69) is 5.32 Å². The molecule has 1 unspecified atom stereocenters. The number of hydrogen-bond donors (Lipinski definition) is 1. The third-order valence-corrected chi connectivity index (χ3v) is 3.60. The highest BCUT2D eigenvalue weighted by Gasteiger charge is 2.25. The number of nitrogens with one attached hydrogen (secondary N) is 1. The van der Waals surface area contributed by atoms with Crippen molar-refractivity contribution in [1.29, 1.82) is 0 Å². The summed E-state index contributed by atoms with van der Waals surface area (Å²) in [6, 6.07) is 3.79. The van der Waals surface area contributed by atoms with E-state index in [9.17, 15) is 4.79 Å². The van der Waals surface area contributed by atoms with E-state index in [4.69, 9.17) is 4.42 Å². The zero-order valence-corrected chi connectivity index (χ0v) is 10.1. The van der Waals surface area contributed by atoms with Crippen molar-refractivity contribution in [3.63, 3.8) is 0 Å². The van der Waals surface area contributed by atoms with Gasteiger partial charge in [0.15, 0.2) is 0 Å². The molecule has 0 radical (unpaired) electrons. The van der Waals surface area contributed by atoms with Crippen LogP contribution in [0, 0.1) is 0 Å². The van der Waals surface area contributed by atoms with Gasteiger partial charge in [0, 0.05) is 31.6 Å². The van der Waals surface area contributed by atoms with Crippen molar-refractivity contribution >= 4 is 17.7 Å². The van der Waals surface area contributed by atoms with Crippen molar-refractivity contribution in [1.82, 2.24) is 10.2 Å². The van der Waals surface area contributed by atoms with Crippen LogP contribution >= 0.6 is 11.8 Å². The third kappa shape index (κ3) is 2.80. The van der Waals surface area contributed by atoms with Gasteiger partial charge in [-0.25, -0.2) is 0 Å². The Bertz CT molecular complexity index is 334. The Kier molecular flexibility index (Phi) is 3.90. The first-order valence-corrected chi connectivity index (χ1v) is 6.51. The number of carbonyl (C=O) groups is 1. The van der Waals surface area contributed by atoms with E-state index in [1.165, 1.54) is 0 Å². The fraction of sp³-hybridized carbons (Fsp3) is 0.545. The Morgan fingerprint density at radius 3 is 3.25 bits per heavy atom. The molecule has 1 atom stereocenters.